The van der Waals surface area contributed by atoms with Gasteiger partial charge < -0.3 is 9.47 Å². The van der Waals surface area contributed by atoms with Gasteiger partial charge in [-0.3, -0.25) is 4.90 Å². The molecule has 1 aliphatic heterocycles. The van der Waals surface area contributed by atoms with Crippen LogP contribution in [0.5, 0.6) is 0 Å². The molecular formula is C9H15NO4. The lowest BCUT2D eigenvalue weighted by molar-refractivity contribution is -0.145. The fourth-order valence-electron chi connectivity index (χ4n) is 1.76. The van der Waals surface area contributed by atoms with E-state index in [9.17, 15) is 9.59 Å². The fourth-order valence-corrected chi connectivity index (χ4v) is 1.76. The molecule has 5 heteroatoms. The zero-order valence-corrected chi connectivity index (χ0v) is 8.65. The number of amides is 1. The topological polar surface area (TPSA) is 55.8 Å². The molecule has 0 aliphatic carbocycles. The Balaban J connectivity index is 2.76. The highest BCUT2D eigenvalue weighted by Crippen LogP contribution is 2.25. The predicted octanol–water partition coefficient (Wildman–Crippen LogP) is 0.779. The molecule has 0 N–H and O–H groups in total. The van der Waals surface area contributed by atoms with Crippen LogP contribution in [0.1, 0.15) is 19.8 Å². The second-order valence-corrected chi connectivity index (χ2v) is 3.34. The third kappa shape index (κ3) is 1.81. The number of ether oxygens (including phenoxy) is 2. The minimum atomic E-state index is -0.484. The SMILES string of the molecule is COC(=O)[C@@H]1CC[C@H](C)N1C(=O)OC. The van der Waals surface area contributed by atoms with Gasteiger partial charge in [0, 0.05) is 6.04 Å². The first-order chi connectivity index (χ1) is 6.61. The lowest BCUT2D eigenvalue weighted by atomic mass is 10.2. The molecule has 1 aliphatic rings. The Kier molecular flexibility index (Phi) is 3.33. The first kappa shape index (κ1) is 10.8. The number of esters is 1. The predicted molar refractivity (Wildman–Crippen MR) is 48.7 cm³/mol. The van der Waals surface area contributed by atoms with Crippen LogP contribution in [-0.2, 0) is 14.3 Å². The molecule has 0 aromatic heterocycles. The van der Waals surface area contributed by atoms with Crippen LogP contribution >= 0.6 is 0 Å². The minimum absolute atomic E-state index is 0.0338. The van der Waals surface area contributed by atoms with Gasteiger partial charge in [0.25, 0.3) is 0 Å². The molecule has 1 rings (SSSR count). The summed E-state index contributed by atoms with van der Waals surface area (Å²) < 4.78 is 9.23. The summed E-state index contributed by atoms with van der Waals surface area (Å²) >= 11 is 0. The number of carbonyl (C=O) groups is 2. The normalized spacial score (nSPS) is 26.1. The second-order valence-electron chi connectivity index (χ2n) is 3.34. The van der Waals surface area contributed by atoms with E-state index in [1.165, 1.54) is 19.1 Å². The number of carbonyl (C=O) groups excluding carboxylic acids is 2. The van der Waals surface area contributed by atoms with Crippen LogP contribution in [0, 0.1) is 0 Å². The molecular weight excluding hydrogens is 186 g/mol. The molecule has 0 unspecified atom stereocenters. The van der Waals surface area contributed by atoms with Crippen molar-refractivity contribution in [2.45, 2.75) is 31.8 Å². The monoisotopic (exact) mass is 201 g/mol. The van der Waals surface area contributed by atoms with Crippen molar-refractivity contribution in [3.63, 3.8) is 0 Å². The van der Waals surface area contributed by atoms with Gasteiger partial charge >= 0.3 is 12.1 Å². The van der Waals surface area contributed by atoms with E-state index in [2.05, 4.69) is 9.47 Å². The van der Waals surface area contributed by atoms with E-state index in [1.54, 1.807) is 0 Å². The summed E-state index contributed by atoms with van der Waals surface area (Å²) in [7, 11) is 2.63. The van der Waals surface area contributed by atoms with Gasteiger partial charge in [0.05, 0.1) is 14.2 Å². The third-order valence-electron chi connectivity index (χ3n) is 2.53. The Labute approximate surface area is 83.0 Å². The number of hydrogen-bond donors (Lipinski definition) is 0. The van der Waals surface area contributed by atoms with Gasteiger partial charge in [-0.1, -0.05) is 0 Å². The molecule has 5 nitrogen and oxygen atoms in total. The molecule has 0 saturated carbocycles. The highest BCUT2D eigenvalue weighted by atomic mass is 16.5. The smallest absolute Gasteiger partial charge is 0.410 e. The quantitative estimate of drug-likeness (QED) is 0.588. The lowest BCUT2D eigenvalue weighted by Gasteiger charge is -2.24. The van der Waals surface area contributed by atoms with Crippen molar-refractivity contribution < 1.29 is 19.1 Å². The van der Waals surface area contributed by atoms with Crippen LogP contribution in [0.25, 0.3) is 0 Å². The number of likely N-dealkylation sites (tertiary alicyclic amines) is 1. The summed E-state index contributed by atoms with van der Waals surface area (Å²) in [5, 5.41) is 0. The van der Waals surface area contributed by atoms with Crippen LogP contribution in [0.4, 0.5) is 4.79 Å². The fraction of sp³-hybridized carbons (Fsp3) is 0.778. The molecule has 0 radical (unpaired) electrons. The molecule has 1 saturated heterocycles. The van der Waals surface area contributed by atoms with Crippen molar-refractivity contribution in [3.05, 3.63) is 0 Å². The van der Waals surface area contributed by atoms with Crippen molar-refractivity contribution in [2.75, 3.05) is 14.2 Å². The van der Waals surface area contributed by atoms with Gasteiger partial charge in [-0.15, -0.1) is 0 Å². The van der Waals surface area contributed by atoms with Crippen molar-refractivity contribution >= 4 is 12.1 Å². The number of methoxy groups -OCH3 is 2. The van der Waals surface area contributed by atoms with Gasteiger partial charge in [0.2, 0.25) is 0 Å². The van der Waals surface area contributed by atoms with Crippen LogP contribution in [0.3, 0.4) is 0 Å². The molecule has 1 amide bonds. The number of nitrogens with zero attached hydrogens (tertiary/aromatic N) is 1. The summed E-state index contributed by atoms with van der Waals surface area (Å²) in [6.07, 6.45) is 0.975. The lowest BCUT2D eigenvalue weighted by Crippen LogP contribution is -2.44. The van der Waals surface area contributed by atoms with Crippen LogP contribution < -0.4 is 0 Å². The minimum Gasteiger partial charge on any atom is -0.467 e. The van der Waals surface area contributed by atoms with Crippen molar-refractivity contribution in [3.8, 4) is 0 Å². The Morgan fingerprint density at radius 3 is 2.36 bits per heavy atom. The number of rotatable bonds is 1. The van der Waals surface area contributed by atoms with Crippen molar-refractivity contribution in [1.29, 1.82) is 0 Å². The highest BCUT2D eigenvalue weighted by Gasteiger charge is 2.40. The molecule has 80 valence electrons. The van der Waals surface area contributed by atoms with Crippen LogP contribution in [-0.4, -0.2) is 43.3 Å². The standard InChI is InChI=1S/C9H15NO4/c1-6-4-5-7(8(11)13-2)10(6)9(12)14-3/h6-7H,4-5H2,1-3H3/t6-,7-/m0/s1. The zero-order chi connectivity index (χ0) is 10.7. The van der Waals surface area contributed by atoms with E-state index in [1.807, 2.05) is 6.92 Å². The molecule has 1 fully saturated rings. The summed E-state index contributed by atoms with van der Waals surface area (Å²) in [4.78, 5) is 24.1. The van der Waals surface area contributed by atoms with E-state index < -0.39 is 12.1 Å². The Bertz CT molecular complexity index is 241. The third-order valence-corrected chi connectivity index (χ3v) is 2.53. The van der Waals surface area contributed by atoms with Gasteiger partial charge in [-0.05, 0) is 19.8 Å². The average Bonchev–Trinajstić information content (AvgIpc) is 2.58. The molecule has 0 spiro atoms. The molecule has 14 heavy (non-hydrogen) atoms. The molecule has 2 atom stereocenters. The summed E-state index contributed by atoms with van der Waals surface area (Å²) in [6.45, 7) is 1.89. The van der Waals surface area contributed by atoms with E-state index in [0.29, 0.717) is 6.42 Å². The van der Waals surface area contributed by atoms with E-state index >= 15 is 0 Å². The average molecular weight is 201 g/mol. The largest absolute Gasteiger partial charge is 0.467 e. The Hall–Kier alpha value is -1.26. The maximum atomic E-state index is 11.4. The molecule has 0 bridgehead atoms. The van der Waals surface area contributed by atoms with Gasteiger partial charge in [0.1, 0.15) is 6.04 Å². The summed E-state index contributed by atoms with van der Waals surface area (Å²) in [5.74, 6) is -0.375. The first-order valence-corrected chi connectivity index (χ1v) is 4.56. The Morgan fingerprint density at radius 2 is 1.86 bits per heavy atom. The first-order valence-electron chi connectivity index (χ1n) is 4.56. The maximum Gasteiger partial charge on any atom is 0.410 e. The van der Waals surface area contributed by atoms with Gasteiger partial charge in [0.15, 0.2) is 0 Å². The highest BCUT2D eigenvalue weighted by molar-refractivity contribution is 5.82. The maximum absolute atomic E-state index is 11.4. The Morgan fingerprint density at radius 1 is 1.21 bits per heavy atom. The van der Waals surface area contributed by atoms with Crippen molar-refractivity contribution in [2.24, 2.45) is 0 Å². The van der Waals surface area contributed by atoms with Crippen LogP contribution in [0.15, 0.2) is 0 Å². The van der Waals surface area contributed by atoms with Gasteiger partial charge in [-0.25, -0.2) is 9.59 Å². The summed E-state index contributed by atoms with van der Waals surface area (Å²) in [5.41, 5.74) is 0. The molecule has 0 aromatic carbocycles. The van der Waals surface area contributed by atoms with E-state index in [-0.39, 0.29) is 12.0 Å². The zero-order valence-electron chi connectivity index (χ0n) is 8.65. The van der Waals surface area contributed by atoms with E-state index in [0.717, 1.165) is 6.42 Å². The van der Waals surface area contributed by atoms with Crippen LogP contribution in [0.2, 0.25) is 0 Å². The molecule has 0 aromatic rings. The van der Waals surface area contributed by atoms with Gasteiger partial charge in [-0.2, -0.15) is 0 Å². The summed E-state index contributed by atoms with van der Waals surface area (Å²) in [6, 6.07) is -0.450. The van der Waals surface area contributed by atoms with E-state index in [4.69, 9.17) is 0 Å². The molecule has 1 heterocycles. The van der Waals surface area contributed by atoms with Crippen molar-refractivity contribution in [1.82, 2.24) is 4.90 Å². The second kappa shape index (κ2) is 4.30. The number of hydrogen-bond acceptors (Lipinski definition) is 4.